The predicted octanol–water partition coefficient (Wildman–Crippen LogP) is 5.72. The number of alkyl halides is 6. The summed E-state index contributed by atoms with van der Waals surface area (Å²) in [7, 11) is 1.42. The lowest BCUT2D eigenvalue weighted by atomic mass is 9.99. The van der Waals surface area contributed by atoms with E-state index in [0.717, 1.165) is 5.56 Å². The van der Waals surface area contributed by atoms with E-state index in [2.05, 4.69) is 0 Å². The fraction of sp³-hybridized carbons (Fsp3) is 0.538. The number of benzene rings is 2. The van der Waals surface area contributed by atoms with Crippen LogP contribution >= 0.6 is 0 Å². The molecule has 0 aliphatic carbocycles. The molecular formula is C26H28F6O6. The third-order valence-electron chi connectivity index (χ3n) is 6.15. The molecule has 2 aromatic carbocycles. The van der Waals surface area contributed by atoms with Gasteiger partial charge in [0, 0.05) is 7.11 Å². The van der Waals surface area contributed by atoms with Crippen LogP contribution < -0.4 is 0 Å². The number of fused-ring (bicyclic) bond motifs is 1. The first-order chi connectivity index (χ1) is 17.8. The molecule has 2 aromatic rings. The molecule has 0 amide bonds. The SMILES string of the molecule is COC1O[C@H](COCc2cc(C(F)(F)F)cc(C(F)(F)F)c2)[C@@H]2OC(C)(C)O[C@@H]2[C@H]1OCc1ccccc1. The summed E-state index contributed by atoms with van der Waals surface area (Å²) in [5.41, 5.74) is -2.18. The largest absolute Gasteiger partial charge is 0.416 e. The lowest BCUT2D eigenvalue weighted by Crippen LogP contribution is -2.58. The van der Waals surface area contributed by atoms with Crippen LogP contribution in [0.1, 0.15) is 36.1 Å². The number of rotatable bonds is 8. The number of halogens is 6. The molecule has 0 bridgehead atoms. The minimum atomic E-state index is -4.95. The summed E-state index contributed by atoms with van der Waals surface area (Å²) in [4.78, 5) is 0. The summed E-state index contributed by atoms with van der Waals surface area (Å²) < 4.78 is 114. The van der Waals surface area contributed by atoms with E-state index >= 15 is 0 Å². The van der Waals surface area contributed by atoms with Crippen LogP contribution in [0.5, 0.6) is 0 Å². The second-order valence-corrected chi connectivity index (χ2v) is 9.53. The second kappa shape index (κ2) is 11.1. The Bertz CT molecular complexity index is 1040. The molecule has 2 saturated heterocycles. The van der Waals surface area contributed by atoms with Crippen molar-refractivity contribution < 1.29 is 54.8 Å². The summed E-state index contributed by atoms with van der Waals surface area (Å²) in [6.45, 7) is 2.95. The molecule has 1 unspecified atom stereocenters. The van der Waals surface area contributed by atoms with E-state index in [1.165, 1.54) is 7.11 Å². The van der Waals surface area contributed by atoms with Crippen LogP contribution in [0.15, 0.2) is 48.5 Å². The van der Waals surface area contributed by atoms with Crippen LogP contribution in [0.2, 0.25) is 0 Å². The normalized spacial score (nSPS) is 27.3. The van der Waals surface area contributed by atoms with E-state index in [9.17, 15) is 26.3 Å². The Kier molecular flexibility index (Phi) is 8.41. The first kappa shape index (κ1) is 28.8. The molecule has 0 saturated carbocycles. The summed E-state index contributed by atoms with van der Waals surface area (Å²) in [6.07, 6.45) is -13.6. The number of hydrogen-bond acceptors (Lipinski definition) is 6. The Morgan fingerprint density at radius 1 is 0.816 bits per heavy atom. The van der Waals surface area contributed by atoms with Gasteiger partial charge in [0.2, 0.25) is 0 Å². The summed E-state index contributed by atoms with van der Waals surface area (Å²) >= 11 is 0. The van der Waals surface area contributed by atoms with Crippen LogP contribution in [0.4, 0.5) is 26.3 Å². The van der Waals surface area contributed by atoms with Gasteiger partial charge in [-0.2, -0.15) is 26.3 Å². The van der Waals surface area contributed by atoms with Gasteiger partial charge in [0.15, 0.2) is 12.1 Å². The molecule has 2 aliphatic rings. The molecular weight excluding hydrogens is 522 g/mol. The molecule has 4 rings (SSSR count). The third kappa shape index (κ3) is 6.85. The highest BCUT2D eigenvalue weighted by atomic mass is 19.4. The van der Waals surface area contributed by atoms with Gasteiger partial charge in [0.05, 0.1) is 30.9 Å². The van der Waals surface area contributed by atoms with E-state index in [1.807, 2.05) is 30.3 Å². The van der Waals surface area contributed by atoms with Crippen molar-refractivity contribution in [2.75, 3.05) is 13.7 Å². The smallest absolute Gasteiger partial charge is 0.374 e. The average molecular weight is 550 g/mol. The highest BCUT2D eigenvalue weighted by Gasteiger charge is 2.56. The topological polar surface area (TPSA) is 55.4 Å². The summed E-state index contributed by atoms with van der Waals surface area (Å²) in [6, 6.07) is 10.8. The van der Waals surface area contributed by atoms with Gasteiger partial charge in [-0.05, 0) is 43.2 Å². The fourth-order valence-electron chi connectivity index (χ4n) is 4.50. The molecule has 2 fully saturated rings. The Morgan fingerprint density at radius 2 is 1.42 bits per heavy atom. The molecule has 0 spiro atoms. The zero-order valence-electron chi connectivity index (χ0n) is 20.8. The second-order valence-electron chi connectivity index (χ2n) is 9.53. The van der Waals surface area contributed by atoms with Crippen LogP contribution in [0.25, 0.3) is 0 Å². The maximum Gasteiger partial charge on any atom is 0.416 e. The molecule has 38 heavy (non-hydrogen) atoms. The molecule has 0 aromatic heterocycles. The van der Waals surface area contributed by atoms with Gasteiger partial charge in [-0.1, -0.05) is 30.3 Å². The van der Waals surface area contributed by atoms with Crippen LogP contribution in [0, 0.1) is 0 Å². The molecule has 12 heteroatoms. The lowest BCUT2D eigenvalue weighted by Gasteiger charge is -2.41. The van der Waals surface area contributed by atoms with Crippen LogP contribution in [0.3, 0.4) is 0 Å². The zero-order chi connectivity index (χ0) is 27.7. The van der Waals surface area contributed by atoms with Gasteiger partial charge in [0.25, 0.3) is 0 Å². The van der Waals surface area contributed by atoms with Crippen LogP contribution in [-0.4, -0.2) is 50.2 Å². The summed E-state index contributed by atoms with van der Waals surface area (Å²) in [5.74, 6) is -1.00. The minimum Gasteiger partial charge on any atom is -0.374 e. The van der Waals surface area contributed by atoms with E-state index in [1.54, 1.807) is 13.8 Å². The average Bonchev–Trinajstić information content (AvgIpc) is 3.17. The molecule has 6 nitrogen and oxygen atoms in total. The Labute approximate surface area is 215 Å². The van der Waals surface area contributed by atoms with Crippen molar-refractivity contribution in [3.05, 3.63) is 70.8 Å². The van der Waals surface area contributed by atoms with Crippen molar-refractivity contribution in [1.29, 1.82) is 0 Å². The Balaban J connectivity index is 1.46. The highest BCUT2D eigenvalue weighted by Crippen LogP contribution is 2.40. The van der Waals surface area contributed by atoms with E-state index in [0.29, 0.717) is 12.1 Å². The minimum absolute atomic E-state index is 0.0723. The van der Waals surface area contributed by atoms with Gasteiger partial charge in [-0.3, -0.25) is 0 Å². The van der Waals surface area contributed by atoms with Crippen molar-refractivity contribution in [3.8, 4) is 0 Å². The van der Waals surface area contributed by atoms with Crippen molar-refractivity contribution in [2.24, 2.45) is 0 Å². The fourth-order valence-corrected chi connectivity index (χ4v) is 4.50. The quantitative estimate of drug-likeness (QED) is 0.392. The van der Waals surface area contributed by atoms with Crippen molar-refractivity contribution in [1.82, 2.24) is 0 Å². The van der Waals surface area contributed by atoms with Crippen LogP contribution in [-0.2, 0) is 54.0 Å². The first-order valence-electron chi connectivity index (χ1n) is 11.8. The number of methoxy groups -OCH3 is 1. The molecule has 2 heterocycles. The zero-order valence-corrected chi connectivity index (χ0v) is 20.8. The monoisotopic (exact) mass is 550 g/mol. The molecule has 210 valence electrons. The molecule has 0 N–H and O–H groups in total. The van der Waals surface area contributed by atoms with E-state index in [4.69, 9.17) is 28.4 Å². The van der Waals surface area contributed by atoms with Gasteiger partial charge in [-0.15, -0.1) is 0 Å². The molecule has 5 atom stereocenters. The standard InChI is InChI=1S/C26H28F6O6/c1-24(2)37-20-19(14-34-12-16-9-17(25(27,28)29)11-18(10-16)26(30,31)32)36-23(33-3)22(21(20)38-24)35-13-15-7-5-4-6-8-15/h4-11,19-23H,12-14H2,1-3H3/t19-,20+,21+,22-,23?/m1/s1. The van der Waals surface area contributed by atoms with E-state index < -0.39 is 66.6 Å². The van der Waals surface area contributed by atoms with Crippen molar-refractivity contribution in [3.63, 3.8) is 0 Å². The van der Waals surface area contributed by atoms with Gasteiger partial charge >= 0.3 is 12.4 Å². The van der Waals surface area contributed by atoms with Crippen molar-refractivity contribution >= 4 is 0 Å². The number of ether oxygens (including phenoxy) is 6. The molecule has 0 radical (unpaired) electrons. The maximum absolute atomic E-state index is 13.2. The van der Waals surface area contributed by atoms with E-state index in [-0.39, 0.29) is 24.8 Å². The van der Waals surface area contributed by atoms with Gasteiger partial charge in [0.1, 0.15) is 24.4 Å². The summed E-state index contributed by atoms with van der Waals surface area (Å²) in [5, 5.41) is 0. The first-order valence-corrected chi connectivity index (χ1v) is 11.8. The predicted molar refractivity (Wildman–Crippen MR) is 121 cm³/mol. The van der Waals surface area contributed by atoms with Gasteiger partial charge in [-0.25, -0.2) is 0 Å². The highest BCUT2D eigenvalue weighted by molar-refractivity contribution is 5.33. The van der Waals surface area contributed by atoms with Crippen molar-refractivity contribution in [2.45, 2.75) is 75.9 Å². The molecule has 2 aliphatic heterocycles. The lowest BCUT2D eigenvalue weighted by molar-refractivity contribution is -0.288. The Morgan fingerprint density at radius 3 is 2.00 bits per heavy atom. The maximum atomic E-state index is 13.2. The third-order valence-corrected chi connectivity index (χ3v) is 6.15. The number of hydrogen-bond donors (Lipinski definition) is 0. The Hall–Kier alpha value is -2.22. The van der Waals surface area contributed by atoms with Gasteiger partial charge < -0.3 is 28.4 Å².